The molecule has 0 N–H and O–H groups in total. The van der Waals surface area contributed by atoms with E-state index in [1.165, 1.54) is 0 Å². The summed E-state index contributed by atoms with van der Waals surface area (Å²) in [6.07, 6.45) is 4.76. The molecule has 0 aromatic heterocycles. The average molecular weight is 500 g/mol. The standard InChI is InChI=1S/C24H30F2O7S/c1-3-15(2)18-4-6-19(7-5-18)20(27)33-23-11-16-8-17(12-23)10-22(9-16,13-23)14-32-21(28)24(25,26)34(29,30)31/h4-7,15-17H,3,8-14H2,1-2H3,(H,29,30,31)/p-1. The van der Waals surface area contributed by atoms with Crippen molar-refractivity contribution in [2.75, 3.05) is 6.61 Å². The van der Waals surface area contributed by atoms with Crippen LogP contribution in [0.1, 0.15) is 80.6 Å². The van der Waals surface area contributed by atoms with Gasteiger partial charge in [0.15, 0.2) is 10.1 Å². The number of halogens is 2. The van der Waals surface area contributed by atoms with Gasteiger partial charge in [-0.1, -0.05) is 26.0 Å². The predicted molar refractivity (Wildman–Crippen MR) is 116 cm³/mol. The maximum Gasteiger partial charge on any atom is 0.428 e. The molecule has 10 heteroatoms. The summed E-state index contributed by atoms with van der Waals surface area (Å²) in [5.74, 6) is -2.06. The number of ether oxygens (including phenoxy) is 2. The molecule has 1 aromatic rings. The zero-order valence-electron chi connectivity index (χ0n) is 19.2. The molecule has 0 saturated heterocycles. The molecule has 3 atom stereocenters. The van der Waals surface area contributed by atoms with E-state index >= 15 is 0 Å². The lowest BCUT2D eigenvalue weighted by atomic mass is 9.48. The highest BCUT2D eigenvalue weighted by Crippen LogP contribution is 2.63. The van der Waals surface area contributed by atoms with Gasteiger partial charge in [0.2, 0.25) is 0 Å². The predicted octanol–water partition coefficient (Wildman–Crippen LogP) is 4.38. The van der Waals surface area contributed by atoms with E-state index in [2.05, 4.69) is 13.8 Å². The summed E-state index contributed by atoms with van der Waals surface area (Å²) in [6, 6.07) is 7.31. The van der Waals surface area contributed by atoms with Gasteiger partial charge in [0.1, 0.15) is 5.60 Å². The Labute approximate surface area is 197 Å². The van der Waals surface area contributed by atoms with E-state index in [0.717, 1.165) is 18.4 Å². The molecule has 3 unspecified atom stereocenters. The number of hydrogen-bond acceptors (Lipinski definition) is 7. The first-order valence-electron chi connectivity index (χ1n) is 11.6. The largest absolute Gasteiger partial charge is 0.743 e. The molecule has 0 radical (unpaired) electrons. The van der Waals surface area contributed by atoms with Gasteiger partial charge in [0.05, 0.1) is 12.2 Å². The van der Waals surface area contributed by atoms with Crippen LogP contribution in [0.4, 0.5) is 8.78 Å². The van der Waals surface area contributed by atoms with Crippen LogP contribution in [0.5, 0.6) is 0 Å². The second kappa shape index (κ2) is 8.55. The molecule has 4 aliphatic rings. The van der Waals surface area contributed by atoms with Crippen molar-refractivity contribution in [1.29, 1.82) is 0 Å². The number of hydrogen-bond donors (Lipinski definition) is 0. The Kier molecular flexibility index (Phi) is 6.29. The quantitative estimate of drug-likeness (QED) is 0.386. The first-order valence-corrected chi connectivity index (χ1v) is 13.0. The van der Waals surface area contributed by atoms with Gasteiger partial charge >= 0.3 is 17.2 Å². The normalized spacial score (nSPS) is 31.2. The average Bonchev–Trinajstić information content (AvgIpc) is 2.75. The van der Waals surface area contributed by atoms with Crippen molar-refractivity contribution in [2.24, 2.45) is 17.3 Å². The number of esters is 2. The minimum absolute atomic E-state index is 0.185. The summed E-state index contributed by atoms with van der Waals surface area (Å²) in [5, 5.41) is -5.14. The van der Waals surface area contributed by atoms with Crippen LogP contribution in [0.15, 0.2) is 24.3 Å². The van der Waals surface area contributed by atoms with Gasteiger partial charge in [-0.25, -0.2) is 18.0 Å². The van der Waals surface area contributed by atoms with E-state index in [-0.39, 0.29) is 11.8 Å². The summed E-state index contributed by atoms with van der Waals surface area (Å²) >= 11 is 0. The zero-order chi connectivity index (χ0) is 24.9. The molecule has 34 heavy (non-hydrogen) atoms. The lowest BCUT2D eigenvalue weighted by Gasteiger charge is -2.60. The molecule has 188 valence electrons. The summed E-state index contributed by atoms with van der Waals surface area (Å²) < 4.78 is 70.1. The zero-order valence-corrected chi connectivity index (χ0v) is 20.0. The molecule has 0 heterocycles. The second-order valence-electron chi connectivity index (χ2n) is 10.5. The molecule has 1 aromatic carbocycles. The Hall–Kier alpha value is -2.07. The van der Waals surface area contributed by atoms with E-state index < -0.39 is 44.9 Å². The van der Waals surface area contributed by atoms with Crippen LogP contribution in [0.3, 0.4) is 0 Å². The highest BCUT2D eigenvalue weighted by Gasteiger charge is 2.60. The first-order chi connectivity index (χ1) is 15.8. The number of alkyl halides is 2. The molecule has 4 bridgehead atoms. The number of carbonyl (C=O) groups excluding carboxylic acids is 2. The fourth-order valence-corrected chi connectivity index (χ4v) is 6.76. The van der Waals surface area contributed by atoms with Crippen molar-refractivity contribution < 1.29 is 40.8 Å². The fraction of sp³-hybridized carbons (Fsp3) is 0.667. The second-order valence-corrected chi connectivity index (χ2v) is 11.9. The van der Waals surface area contributed by atoms with Gasteiger partial charge in [-0.3, -0.25) is 0 Å². The van der Waals surface area contributed by atoms with Crippen molar-refractivity contribution in [3.63, 3.8) is 0 Å². The van der Waals surface area contributed by atoms with Crippen LogP contribution in [0, 0.1) is 17.3 Å². The van der Waals surface area contributed by atoms with E-state index in [0.29, 0.717) is 43.6 Å². The van der Waals surface area contributed by atoms with Gasteiger partial charge in [-0.05, 0) is 80.4 Å². The van der Waals surface area contributed by atoms with Gasteiger partial charge < -0.3 is 14.0 Å². The van der Waals surface area contributed by atoms with E-state index in [1.54, 1.807) is 12.1 Å². The van der Waals surface area contributed by atoms with Crippen LogP contribution in [-0.4, -0.2) is 42.4 Å². The molecule has 5 rings (SSSR count). The van der Waals surface area contributed by atoms with Crippen molar-refractivity contribution in [3.05, 3.63) is 35.4 Å². The first kappa shape index (κ1) is 25.0. The van der Waals surface area contributed by atoms with Crippen LogP contribution in [0.25, 0.3) is 0 Å². The van der Waals surface area contributed by atoms with Crippen LogP contribution in [0.2, 0.25) is 0 Å². The van der Waals surface area contributed by atoms with E-state index in [9.17, 15) is 31.3 Å². The highest BCUT2D eigenvalue weighted by atomic mass is 32.2. The van der Waals surface area contributed by atoms with Crippen molar-refractivity contribution >= 4 is 22.1 Å². The minimum atomic E-state index is -6.18. The summed E-state index contributed by atoms with van der Waals surface area (Å²) in [4.78, 5) is 24.7. The number of carbonyl (C=O) groups is 2. The monoisotopic (exact) mass is 499 g/mol. The summed E-state index contributed by atoms with van der Waals surface area (Å²) in [5.41, 5.74) is 0.0919. The van der Waals surface area contributed by atoms with Gasteiger partial charge in [-0.15, -0.1) is 0 Å². The molecular formula is C24H29F2O7S-. The third-order valence-corrected chi connectivity index (χ3v) is 8.62. The number of benzene rings is 1. The van der Waals surface area contributed by atoms with Gasteiger partial charge in [0, 0.05) is 5.41 Å². The minimum Gasteiger partial charge on any atom is -0.743 e. The Morgan fingerprint density at radius 1 is 1.15 bits per heavy atom. The topological polar surface area (TPSA) is 110 Å². The van der Waals surface area contributed by atoms with E-state index in [4.69, 9.17) is 9.47 Å². The molecule has 4 aliphatic carbocycles. The lowest BCUT2D eigenvalue weighted by molar-refractivity contribution is -0.194. The van der Waals surface area contributed by atoms with Crippen molar-refractivity contribution in [3.8, 4) is 0 Å². The van der Waals surface area contributed by atoms with Gasteiger partial charge in [-0.2, -0.15) is 8.78 Å². The number of rotatable bonds is 8. The van der Waals surface area contributed by atoms with Gasteiger partial charge in [0.25, 0.3) is 0 Å². The Morgan fingerprint density at radius 2 is 1.74 bits per heavy atom. The third kappa shape index (κ3) is 4.58. The van der Waals surface area contributed by atoms with Crippen molar-refractivity contribution in [2.45, 2.75) is 75.6 Å². The Balaban J connectivity index is 1.47. The molecule has 0 amide bonds. The highest BCUT2D eigenvalue weighted by molar-refractivity contribution is 7.87. The molecule has 7 nitrogen and oxygen atoms in total. The molecular weight excluding hydrogens is 470 g/mol. The fourth-order valence-electron chi connectivity index (χ4n) is 6.50. The summed E-state index contributed by atoms with van der Waals surface area (Å²) in [7, 11) is -6.18. The smallest absolute Gasteiger partial charge is 0.428 e. The van der Waals surface area contributed by atoms with E-state index in [1.807, 2.05) is 12.1 Å². The Morgan fingerprint density at radius 3 is 2.26 bits per heavy atom. The van der Waals surface area contributed by atoms with Crippen LogP contribution >= 0.6 is 0 Å². The Bertz CT molecular complexity index is 1050. The molecule has 4 fully saturated rings. The van der Waals surface area contributed by atoms with Crippen LogP contribution < -0.4 is 0 Å². The molecule has 0 spiro atoms. The third-order valence-electron chi connectivity index (χ3n) is 7.83. The lowest BCUT2D eigenvalue weighted by Crippen LogP contribution is -2.59. The molecule has 4 saturated carbocycles. The summed E-state index contributed by atoms with van der Waals surface area (Å²) in [6.45, 7) is 3.76. The van der Waals surface area contributed by atoms with Crippen LogP contribution in [-0.2, 0) is 24.4 Å². The maximum atomic E-state index is 13.6. The van der Waals surface area contributed by atoms with Crippen molar-refractivity contribution in [1.82, 2.24) is 0 Å². The maximum absolute atomic E-state index is 13.6. The SMILES string of the molecule is CCC(C)c1ccc(C(=O)OC23CC4CC(CC(COC(=O)C(F)(F)S(=O)(=O)[O-])(C4)C2)C3)cc1. The molecule has 0 aliphatic heterocycles.